The maximum Gasteiger partial charge on any atom is 0.220 e. The summed E-state index contributed by atoms with van der Waals surface area (Å²) < 4.78 is 5.85. The number of hydrogen-bond acceptors (Lipinski definition) is 4. The minimum atomic E-state index is -0.153. The molecule has 1 atom stereocenters. The second-order valence-electron chi connectivity index (χ2n) is 7.45. The normalized spacial score (nSPS) is 11.9. The Morgan fingerprint density at radius 3 is 2.56 bits per heavy atom. The number of carbonyl (C=O) groups excluding carboxylic acids is 2. The van der Waals surface area contributed by atoms with Crippen LogP contribution in [0.4, 0.5) is 0 Å². The molecule has 32 heavy (non-hydrogen) atoms. The fourth-order valence-corrected chi connectivity index (χ4v) is 4.76. The van der Waals surface area contributed by atoms with Gasteiger partial charge in [0.1, 0.15) is 5.75 Å². The number of Topliss-reactive ketones (excluding diaryl/α,β-unsaturated/α-hetero) is 1. The molecule has 1 amide bonds. The average molecular weight is 467 g/mol. The third-order valence-electron chi connectivity index (χ3n) is 5.45. The van der Waals surface area contributed by atoms with Gasteiger partial charge in [-0.3, -0.25) is 9.59 Å². The van der Waals surface area contributed by atoms with Gasteiger partial charge in [-0.15, -0.1) is 11.3 Å². The van der Waals surface area contributed by atoms with Crippen LogP contribution in [0.3, 0.4) is 0 Å². The molecule has 2 heterocycles. The predicted octanol–water partition coefficient (Wildman–Crippen LogP) is 5.80. The molecule has 7 heteroatoms. The summed E-state index contributed by atoms with van der Waals surface area (Å²) in [5.74, 6) is 0.509. The van der Waals surface area contributed by atoms with Crippen molar-refractivity contribution in [2.24, 2.45) is 0 Å². The highest BCUT2D eigenvalue weighted by Crippen LogP contribution is 2.31. The van der Waals surface area contributed by atoms with Crippen LogP contribution in [-0.2, 0) is 4.79 Å². The van der Waals surface area contributed by atoms with E-state index in [1.165, 1.54) is 11.3 Å². The molecule has 0 bridgehead atoms. The van der Waals surface area contributed by atoms with Crippen molar-refractivity contribution in [3.05, 3.63) is 87.2 Å². The number of nitrogens with one attached hydrogen (secondary N) is 2. The molecule has 0 saturated heterocycles. The maximum atomic E-state index is 12.5. The second kappa shape index (κ2) is 10.0. The Morgan fingerprint density at radius 2 is 1.84 bits per heavy atom. The van der Waals surface area contributed by atoms with Gasteiger partial charge < -0.3 is 15.0 Å². The number of aromatic nitrogens is 1. The Morgan fingerprint density at radius 1 is 1.06 bits per heavy atom. The van der Waals surface area contributed by atoms with Crippen molar-refractivity contribution in [1.29, 1.82) is 0 Å². The van der Waals surface area contributed by atoms with Crippen LogP contribution < -0.4 is 10.1 Å². The number of ketones is 1. The highest BCUT2D eigenvalue weighted by atomic mass is 35.5. The van der Waals surface area contributed by atoms with E-state index in [0.29, 0.717) is 15.8 Å². The van der Waals surface area contributed by atoms with Gasteiger partial charge in [0.05, 0.1) is 16.3 Å². The van der Waals surface area contributed by atoms with Gasteiger partial charge in [0.25, 0.3) is 0 Å². The minimum absolute atomic E-state index is 0.0483. The Bertz CT molecular complexity index is 1230. The topological polar surface area (TPSA) is 71.2 Å². The Labute approximate surface area is 195 Å². The first-order valence-electron chi connectivity index (χ1n) is 10.3. The lowest BCUT2D eigenvalue weighted by Gasteiger charge is -2.18. The number of thiophene rings is 1. The summed E-state index contributed by atoms with van der Waals surface area (Å²) in [6, 6.07) is 19.4. The molecule has 0 aliphatic heterocycles. The molecular formula is C25H23ClN2O3S. The smallest absolute Gasteiger partial charge is 0.220 e. The molecule has 2 aromatic heterocycles. The molecule has 5 nitrogen and oxygen atoms in total. The van der Waals surface area contributed by atoms with Gasteiger partial charge in [-0.05, 0) is 41.5 Å². The van der Waals surface area contributed by atoms with E-state index in [1.807, 2.05) is 48.7 Å². The van der Waals surface area contributed by atoms with Crippen molar-refractivity contribution in [3.63, 3.8) is 0 Å². The van der Waals surface area contributed by atoms with Crippen molar-refractivity contribution in [3.8, 4) is 5.75 Å². The van der Waals surface area contributed by atoms with Gasteiger partial charge in [-0.2, -0.15) is 0 Å². The summed E-state index contributed by atoms with van der Waals surface area (Å²) in [5.41, 5.74) is 3.23. The summed E-state index contributed by atoms with van der Waals surface area (Å²) in [4.78, 5) is 28.7. The molecule has 0 radical (unpaired) electrons. The molecule has 1 unspecified atom stereocenters. The van der Waals surface area contributed by atoms with Gasteiger partial charge in [0.2, 0.25) is 5.91 Å². The van der Waals surface area contributed by atoms with E-state index in [1.54, 1.807) is 19.2 Å². The third kappa shape index (κ3) is 5.03. The predicted molar refractivity (Wildman–Crippen MR) is 129 cm³/mol. The number of fused-ring (bicyclic) bond motifs is 1. The van der Waals surface area contributed by atoms with Crippen LogP contribution >= 0.6 is 22.9 Å². The van der Waals surface area contributed by atoms with E-state index < -0.39 is 0 Å². The van der Waals surface area contributed by atoms with E-state index in [4.69, 9.17) is 16.3 Å². The van der Waals surface area contributed by atoms with Crippen LogP contribution in [-0.4, -0.2) is 30.3 Å². The zero-order valence-corrected chi connectivity index (χ0v) is 19.1. The van der Waals surface area contributed by atoms with Crippen LogP contribution in [0.1, 0.15) is 39.6 Å². The third-order valence-corrected chi connectivity index (χ3v) is 6.72. The van der Waals surface area contributed by atoms with E-state index in [-0.39, 0.29) is 30.4 Å². The number of hydrogen-bond donors (Lipinski definition) is 2. The van der Waals surface area contributed by atoms with Crippen LogP contribution in [0.15, 0.2) is 66.9 Å². The zero-order valence-electron chi connectivity index (χ0n) is 17.6. The summed E-state index contributed by atoms with van der Waals surface area (Å²) in [6.07, 6.45) is 2.29. The van der Waals surface area contributed by atoms with Crippen molar-refractivity contribution < 1.29 is 14.3 Å². The van der Waals surface area contributed by atoms with Gasteiger partial charge in [-0.1, -0.05) is 41.9 Å². The van der Waals surface area contributed by atoms with Gasteiger partial charge in [0.15, 0.2) is 5.78 Å². The minimum Gasteiger partial charge on any atom is -0.497 e. The van der Waals surface area contributed by atoms with Crippen LogP contribution in [0.25, 0.3) is 10.9 Å². The maximum absolute atomic E-state index is 12.5. The standard InChI is InChI=1S/C25H23ClN2O3S/c1-31-17-8-6-16(7-9-17)19(20-15-27-21-5-3-2-4-18(20)21)14-28-25(30)13-10-22(29)23-11-12-24(26)32-23/h2-9,11-12,15,19,27H,10,13-14H2,1H3,(H,28,30). The molecule has 0 fully saturated rings. The number of benzene rings is 2. The number of rotatable bonds is 9. The summed E-state index contributed by atoms with van der Waals surface area (Å²) >= 11 is 7.13. The first-order valence-corrected chi connectivity index (χ1v) is 11.5. The summed E-state index contributed by atoms with van der Waals surface area (Å²) in [6.45, 7) is 0.423. The van der Waals surface area contributed by atoms with Crippen LogP contribution in [0, 0.1) is 0 Å². The molecule has 2 aromatic carbocycles. The Kier molecular flexibility index (Phi) is 6.93. The van der Waals surface area contributed by atoms with Crippen LogP contribution in [0.5, 0.6) is 5.75 Å². The van der Waals surface area contributed by atoms with E-state index in [9.17, 15) is 9.59 Å². The molecule has 4 rings (SSSR count). The van der Waals surface area contributed by atoms with E-state index >= 15 is 0 Å². The lowest BCUT2D eigenvalue weighted by Crippen LogP contribution is -2.29. The van der Waals surface area contributed by atoms with Gasteiger partial charge in [0, 0.05) is 42.4 Å². The lowest BCUT2D eigenvalue weighted by molar-refractivity contribution is -0.121. The largest absolute Gasteiger partial charge is 0.497 e. The lowest BCUT2D eigenvalue weighted by atomic mass is 9.90. The highest BCUT2D eigenvalue weighted by molar-refractivity contribution is 7.18. The second-order valence-corrected chi connectivity index (χ2v) is 9.16. The molecule has 4 aromatic rings. The number of H-pyrrole nitrogens is 1. The van der Waals surface area contributed by atoms with E-state index in [2.05, 4.69) is 16.4 Å². The molecule has 164 valence electrons. The quantitative estimate of drug-likeness (QED) is 0.306. The average Bonchev–Trinajstić information content (AvgIpc) is 3.45. The number of ether oxygens (including phenoxy) is 1. The summed E-state index contributed by atoms with van der Waals surface area (Å²) in [5, 5.41) is 4.13. The number of methoxy groups -OCH3 is 1. The van der Waals surface area contributed by atoms with Crippen molar-refractivity contribution in [2.75, 3.05) is 13.7 Å². The van der Waals surface area contributed by atoms with Gasteiger partial charge >= 0.3 is 0 Å². The SMILES string of the molecule is COc1ccc(C(CNC(=O)CCC(=O)c2ccc(Cl)s2)c2c[nH]c3ccccc23)cc1. The Balaban J connectivity index is 1.47. The summed E-state index contributed by atoms with van der Waals surface area (Å²) in [7, 11) is 1.64. The molecule has 0 aliphatic carbocycles. The fraction of sp³-hybridized carbons (Fsp3) is 0.200. The number of carbonyl (C=O) groups is 2. The van der Waals surface area contributed by atoms with E-state index in [0.717, 1.165) is 27.8 Å². The van der Waals surface area contributed by atoms with Crippen molar-refractivity contribution in [1.82, 2.24) is 10.3 Å². The molecule has 0 aliphatic rings. The molecule has 2 N–H and O–H groups in total. The van der Waals surface area contributed by atoms with Crippen molar-refractivity contribution >= 4 is 45.5 Å². The zero-order chi connectivity index (χ0) is 22.5. The monoisotopic (exact) mass is 466 g/mol. The number of aromatic amines is 1. The molecular weight excluding hydrogens is 444 g/mol. The molecule has 0 spiro atoms. The first-order chi connectivity index (χ1) is 15.5. The Hall–Kier alpha value is -3.09. The first kappa shape index (κ1) is 22.1. The number of halogens is 1. The molecule has 0 saturated carbocycles. The fourth-order valence-electron chi connectivity index (χ4n) is 3.74. The highest BCUT2D eigenvalue weighted by Gasteiger charge is 2.20. The van der Waals surface area contributed by atoms with Gasteiger partial charge in [-0.25, -0.2) is 0 Å². The number of amides is 1. The van der Waals surface area contributed by atoms with Crippen LogP contribution in [0.2, 0.25) is 4.34 Å². The number of para-hydroxylation sites is 1. The van der Waals surface area contributed by atoms with Crippen molar-refractivity contribution in [2.45, 2.75) is 18.8 Å².